The number of aliphatic carboxylic acids is 1. The Morgan fingerprint density at radius 1 is 1.22 bits per heavy atom. The maximum atomic E-state index is 10.6. The Morgan fingerprint density at radius 2 is 1.85 bits per heavy atom. The second-order valence-corrected chi connectivity index (χ2v) is 6.40. The van der Waals surface area contributed by atoms with Gasteiger partial charge in [-0.1, -0.05) is 30.3 Å². The largest absolute Gasteiger partial charge is 0.490 e. The highest BCUT2D eigenvalue weighted by Gasteiger charge is 2.38. The van der Waals surface area contributed by atoms with E-state index in [4.69, 9.17) is 14.3 Å². The summed E-state index contributed by atoms with van der Waals surface area (Å²) in [5.41, 5.74) is 1.28. The Bertz CT molecular complexity index is 730. The smallest absolute Gasteiger partial charge is 0.475 e. The van der Waals surface area contributed by atoms with E-state index in [0.717, 1.165) is 37.5 Å². The van der Waals surface area contributed by atoms with Gasteiger partial charge >= 0.3 is 12.1 Å². The molecule has 148 valence electrons. The van der Waals surface area contributed by atoms with Crippen LogP contribution < -0.4 is 0 Å². The van der Waals surface area contributed by atoms with E-state index in [1.54, 1.807) is 0 Å². The third kappa shape index (κ3) is 6.41. The molecule has 0 amide bonds. The molecule has 1 fully saturated rings. The van der Waals surface area contributed by atoms with E-state index in [2.05, 4.69) is 29.2 Å². The van der Waals surface area contributed by atoms with E-state index < -0.39 is 12.1 Å². The number of aliphatic hydroxyl groups excluding tert-OH is 1. The first-order valence-corrected chi connectivity index (χ1v) is 8.48. The second-order valence-electron chi connectivity index (χ2n) is 6.40. The Kier molecular flexibility index (Phi) is 7.04. The predicted octanol–water partition coefficient (Wildman–Crippen LogP) is 3.40. The predicted molar refractivity (Wildman–Crippen MR) is 92.1 cm³/mol. The monoisotopic (exact) mass is 385 g/mol. The van der Waals surface area contributed by atoms with Gasteiger partial charge in [0.15, 0.2) is 0 Å². The van der Waals surface area contributed by atoms with Crippen molar-refractivity contribution in [1.82, 2.24) is 4.90 Å². The van der Waals surface area contributed by atoms with Gasteiger partial charge in [0.25, 0.3) is 0 Å². The quantitative estimate of drug-likeness (QED) is 0.844. The van der Waals surface area contributed by atoms with Crippen LogP contribution in [0.3, 0.4) is 0 Å². The third-order valence-electron chi connectivity index (χ3n) is 4.31. The van der Waals surface area contributed by atoms with Crippen molar-refractivity contribution in [2.45, 2.75) is 44.6 Å². The Balaban J connectivity index is 0.000000321. The summed E-state index contributed by atoms with van der Waals surface area (Å²) in [6.07, 6.45) is -3.59. The normalized spacial score (nSPS) is 20.2. The molecule has 2 aromatic rings. The molecule has 0 saturated carbocycles. The molecular formula is C19H22F3NO4. The van der Waals surface area contributed by atoms with Crippen molar-refractivity contribution in [1.29, 1.82) is 0 Å². The van der Waals surface area contributed by atoms with Crippen LogP contribution in [0.1, 0.15) is 23.5 Å². The van der Waals surface area contributed by atoms with Crippen LogP contribution >= 0.6 is 0 Å². The molecular weight excluding hydrogens is 363 g/mol. The topological polar surface area (TPSA) is 73.9 Å². The molecule has 0 spiro atoms. The zero-order valence-corrected chi connectivity index (χ0v) is 14.8. The molecule has 5 nitrogen and oxygen atoms in total. The Hall–Kier alpha value is -2.32. The molecule has 2 heterocycles. The summed E-state index contributed by atoms with van der Waals surface area (Å²) < 4.78 is 37.4. The van der Waals surface area contributed by atoms with E-state index in [0.29, 0.717) is 0 Å². The summed E-state index contributed by atoms with van der Waals surface area (Å²) >= 11 is 0. The molecule has 3 rings (SSSR count). The molecule has 1 saturated heterocycles. The maximum Gasteiger partial charge on any atom is 0.490 e. The lowest BCUT2D eigenvalue weighted by atomic mass is 10.0. The number of aryl methyl sites for hydroxylation is 1. The van der Waals surface area contributed by atoms with Crippen LogP contribution in [-0.2, 0) is 17.8 Å². The van der Waals surface area contributed by atoms with Crippen molar-refractivity contribution >= 4 is 5.97 Å². The van der Waals surface area contributed by atoms with Crippen LogP contribution in [0.5, 0.6) is 0 Å². The summed E-state index contributed by atoms with van der Waals surface area (Å²) in [4.78, 5) is 11.2. The fraction of sp³-hybridized carbons (Fsp3) is 0.421. The van der Waals surface area contributed by atoms with Gasteiger partial charge in [0.1, 0.15) is 11.5 Å². The number of rotatable bonds is 4. The highest BCUT2D eigenvalue weighted by Crippen LogP contribution is 2.24. The van der Waals surface area contributed by atoms with Crippen LogP contribution in [0, 0.1) is 6.92 Å². The lowest BCUT2D eigenvalue weighted by Crippen LogP contribution is -2.36. The summed E-state index contributed by atoms with van der Waals surface area (Å²) in [7, 11) is 0. The molecule has 1 aliphatic heterocycles. The molecule has 1 aromatic carbocycles. The van der Waals surface area contributed by atoms with Gasteiger partial charge in [0.05, 0.1) is 12.6 Å². The number of hydrogen-bond acceptors (Lipinski definition) is 4. The van der Waals surface area contributed by atoms with E-state index in [1.807, 2.05) is 25.1 Å². The average molecular weight is 385 g/mol. The number of carboxylic acids is 1. The molecule has 2 atom stereocenters. The fourth-order valence-corrected chi connectivity index (χ4v) is 2.99. The highest BCUT2D eigenvalue weighted by atomic mass is 19.4. The number of furan rings is 1. The van der Waals surface area contributed by atoms with Crippen LogP contribution in [0.25, 0.3) is 0 Å². The van der Waals surface area contributed by atoms with E-state index in [9.17, 15) is 18.3 Å². The van der Waals surface area contributed by atoms with Crippen molar-refractivity contribution in [3.63, 3.8) is 0 Å². The standard InChI is InChI=1S/C17H21NO2.C2HF3O2/c1-13-7-8-15(20-13)12-18-10-9-17(19)16(18)11-14-5-3-2-4-6-14;3-2(4,5)1(6)7/h2-8,16-17,19H,9-12H2,1H3;(H,6,7)/t16-,17+;/m0./s1. The third-order valence-corrected chi connectivity index (χ3v) is 4.31. The van der Waals surface area contributed by atoms with Crippen LogP contribution in [-0.4, -0.2) is 45.9 Å². The number of alkyl halides is 3. The van der Waals surface area contributed by atoms with Crippen molar-refractivity contribution in [2.75, 3.05) is 6.54 Å². The number of benzene rings is 1. The minimum atomic E-state index is -5.08. The average Bonchev–Trinajstić information content (AvgIpc) is 3.16. The van der Waals surface area contributed by atoms with Crippen molar-refractivity contribution < 1.29 is 32.6 Å². The molecule has 0 radical (unpaired) electrons. The van der Waals surface area contributed by atoms with Gasteiger partial charge in [0, 0.05) is 12.6 Å². The van der Waals surface area contributed by atoms with Crippen LogP contribution in [0.4, 0.5) is 13.2 Å². The van der Waals surface area contributed by atoms with Gasteiger partial charge < -0.3 is 14.6 Å². The van der Waals surface area contributed by atoms with Gasteiger partial charge in [-0.2, -0.15) is 13.2 Å². The second kappa shape index (κ2) is 9.05. The summed E-state index contributed by atoms with van der Waals surface area (Å²) in [6, 6.07) is 14.6. The Morgan fingerprint density at radius 3 is 2.37 bits per heavy atom. The molecule has 8 heteroatoms. The van der Waals surface area contributed by atoms with Crippen molar-refractivity contribution in [3.05, 3.63) is 59.5 Å². The van der Waals surface area contributed by atoms with Gasteiger partial charge in [-0.3, -0.25) is 4.90 Å². The first-order valence-electron chi connectivity index (χ1n) is 8.48. The molecule has 27 heavy (non-hydrogen) atoms. The first kappa shape index (κ1) is 21.0. The molecule has 0 bridgehead atoms. The minimum absolute atomic E-state index is 0.183. The number of nitrogens with zero attached hydrogens (tertiary/aromatic N) is 1. The van der Waals surface area contributed by atoms with Crippen molar-refractivity contribution in [2.24, 2.45) is 0 Å². The SMILES string of the molecule is Cc1ccc(CN2CC[C@@H](O)[C@@H]2Cc2ccccc2)o1.O=C(O)C(F)(F)F. The molecule has 1 aromatic heterocycles. The number of carboxylic acid groups (broad SMARTS) is 1. The van der Waals surface area contributed by atoms with E-state index in [1.165, 1.54) is 5.56 Å². The van der Waals surface area contributed by atoms with Crippen LogP contribution in [0.15, 0.2) is 46.9 Å². The zero-order valence-electron chi connectivity index (χ0n) is 14.8. The number of likely N-dealkylation sites (tertiary alicyclic amines) is 1. The molecule has 2 N–H and O–H groups in total. The van der Waals surface area contributed by atoms with Crippen molar-refractivity contribution in [3.8, 4) is 0 Å². The number of halogens is 3. The summed E-state index contributed by atoms with van der Waals surface area (Å²) in [5.74, 6) is -0.832. The Labute approximate surface area is 155 Å². The molecule has 0 unspecified atom stereocenters. The summed E-state index contributed by atoms with van der Waals surface area (Å²) in [6.45, 7) is 3.67. The zero-order chi connectivity index (χ0) is 20.0. The van der Waals surface area contributed by atoms with Gasteiger partial charge in [-0.25, -0.2) is 4.79 Å². The molecule has 0 aliphatic carbocycles. The number of aliphatic hydroxyl groups is 1. The fourth-order valence-electron chi connectivity index (χ4n) is 2.99. The lowest BCUT2D eigenvalue weighted by molar-refractivity contribution is -0.192. The summed E-state index contributed by atoms with van der Waals surface area (Å²) in [5, 5.41) is 17.4. The van der Waals surface area contributed by atoms with Gasteiger partial charge in [0.2, 0.25) is 0 Å². The molecule has 1 aliphatic rings. The van der Waals surface area contributed by atoms with E-state index in [-0.39, 0.29) is 12.1 Å². The van der Waals surface area contributed by atoms with Gasteiger partial charge in [-0.05, 0) is 37.5 Å². The maximum absolute atomic E-state index is 10.6. The lowest BCUT2D eigenvalue weighted by Gasteiger charge is -2.25. The van der Waals surface area contributed by atoms with Gasteiger partial charge in [-0.15, -0.1) is 0 Å². The number of carbonyl (C=O) groups is 1. The van der Waals surface area contributed by atoms with E-state index >= 15 is 0 Å². The minimum Gasteiger partial charge on any atom is -0.475 e. The highest BCUT2D eigenvalue weighted by molar-refractivity contribution is 5.73. The van der Waals surface area contributed by atoms with Crippen LogP contribution in [0.2, 0.25) is 0 Å². The number of hydrogen-bond donors (Lipinski definition) is 2. The first-order chi connectivity index (χ1) is 12.7.